The number of thioether (sulfide) groups is 1. The first-order valence-corrected chi connectivity index (χ1v) is 7.36. The molecule has 2 fully saturated rings. The van der Waals surface area contributed by atoms with E-state index >= 15 is 0 Å². The highest BCUT2D eigenvalue weighted by atomic mass is 32.2. The average molecular weight is 284 g/mol. The van der Waals surface area contributed by atoms with Gasteiger partial charge in [0, 0.05) is 12.3 Å². The third-order valence-corrected chi connectivity index (χ3v) is 5.54. The van der Waals surface area contributed by atoms with Crippen molar-refractivity contribution in [1.29, 1.82) is 0 Å². The van der Waals surface area contributed by atoms with Crippen molar-refractivity contribution in [3.05, 3.63) is 33.1 Å². The summed E-state index contributed by atoms with van der Waals surface area (Å²) in [5, 5.41) is 10.4. The van der Waals surface area contributed by atoms with Gasteiger partial charge in [0.15, 0.2) is 6.23 Å². The maximum atomic E-state index is 11.9. The lowest BCUT2D eigenvalue weighted by atomic mass is 9.93. The average Bonchev–Trinajstić information content (AvgIpc) is 2.62. The van der Waals surface area contributed by atoms with Crippen LogP contribution in [0.3, 0.4) is 0 Å². The minimum atomic E-state index is -0.583. The van der Waals surface area contributed by atoms with Crippen LogP contribution in [0.2, 0.25) is 0 Å². The number of aromatic amines is 1. The molecule has 0 saturated carbocycles. The third kappa shape index (κ3) is 1.79. The normalized spacial score (nSPS) is 37.5. The predicted molar refractivity (Wildman–Crippen MR) is 71.3 cm³/mol. The van der Waals surface area contributed by atoms with Gasteiger partial charge in [0.05, 0.1) is 17.0 Å². The Morgan fingerprint density at radius 1 is 1.63 bits per heavy atom. The van der Waals surface area contributed by atoms with Gasteiger partial charge in [0.25, 0.3) is 5.56 Å². The SMILES string of the molecule is CC[C@H]1O[C@@H](n2ccc(=O)[nH]c2=O)[C@@]2(CCS2)[C@@H]1O. The standard InChI is InChI=1S/C12H16N2O4S/c1-2-7-9(16)12(4-6-19-12)10(18-7)14-5-3-8(15)13-11(14)17/h3,5,7,9-10,16H,2,4,6H2,1H3,(H,13,15,17)/t7-,9-,10-,12-/m1/s1. The van der Waals surface area contributed by atoms with Crippen molar-refractivity contribution in [3.8, 4) is 0 Å². The van der Waals surface area contributed by atoms with Crippen LogP contribution in [-0.2, 0) is 4.74 Å². The second-order valence-electron chi connectivity index (χ2n) is 4.95. The van der Waals surface area contributed by atoms with Gasteiger partial charge >= 0.3 is 5.69 Å². The van der Waals surface area contributed by atoms with E-state index in [-0.39, 0.29) is 6.10 Å². The molecule has 7 heteroatoms. The number of hydrogen-bond donors (Lipinski definition) is 2. The maximum Gasteiger partial charge on any atom is 0.330 e. The van der Waals surface area contributed by atoms with Crippen molar-refractivity contribution in [3.63, 3.8) is 0 Å². The van der Waals surface area contributed by atoms with Crippen LogP contribution in [0.15, 0.2) is 21.9 Å². The zero-order valence-corrected chi connectivity index (χ0v) is 11.4. The summed E-state index contributed by atoms with van der Waals surface area (Å²) in [4.78, 5) is 25.2. The lowest BCUT2D eigenvalue weighted by molar-refractivity contribution is -0.0245. The molecule has 3 heterocycles. The van der Waals surface area contributed by atoms with Crippen LogP contribution in [0, 0.1) is 0 Å². The van der Waals surface area contributed by atoms with Crippen molar-refractivity contribution in [2.24, 2.45) is 0 Å². The number of nitrogens with zero attached hydrogens (tertiary/aromatic N) is 1. The van der Waals surface area contributed by atoms with Gasteiger partial charge in [-0.25, -0.2) is 4.79 Å². The smallest absolute Gasteiger partial charge is 0.330 e. The number of rotatable bonds is 2. The third-order valence-electron chi connectivity index (χ3n) is 3.94. The molecule has 4 atom stereocenters. The molecule has 2 aliphatic heterocycles. The zero-order valence-electron chi connectivity index (χ0n) is 10.5. The minimum absolute atomic E-state index is 0.267. The van der Waals surface area contributed by atoms with E-state index in [1.807, 2.05) is 6.92 Å². The van der Waals surface area contributed by atoms with Crippen LogP contribution in [-0.4, -0.2) is 37.4 Å². The Hall–Kier alpha value is -1.05. The number of aliphatic hydroxyl groups excluding tert-OH is 1. The largest absolute Gasteiger partial charge is 0.389 e. The molecule has 104 valence electrons. The lowest BCUT2D eigenvalue weighted by Gasteiger charge is -2.43. The highest BCUT2D eigenvalue weighted by Gasteiger charge is 2.60. The number of ether oxygens (including phenoxy) is 1. The monoisotopic (exact) mass is 284 g/mol. The number of aliphatic hydroxyl groups is 1. The van der Waals surface area contributed by atoms with Gasteiger partial charge in [-0.1, -0.05) is 6.92 Å². The number of hydrogen-bond acceptors (Lipinski definition) is 5. The Bertz CT molecular complexity index is 592. The molecular formula is C12H16N2O4S. The van der Waals surface area contributed by atoms with Crippen molar-refractivity contribution < 1.29 is 9.84 Å². The van der Waals surface area contributed by atoms with E-state index < -0.39 is 28.3 Å². The van der Waals surface area contributed by atoms with Crippen LogP contribution in [0.1, 0.15) is 26.0 Å². The number of H-pyrrole nitrogens is 1. The fraction of sp³-hybridized carbons (Fsp3) is 0.667. The number of nitrogens with one attached hydrogen (secondary N) is 1. The van der Waals surface area contributed by atoms with Crippen molar-refractivity contribution >= 4 is 11.8 Å². The van der Waals surface area contributed by atoms with E-state index in [9.17, 15) is 14.7 Å². The molecule has 0 unspecified atom stereocenters. The Kier molecular flexibility index (Phi) is 3.07. The molecule has 0 aliphatic carbocycles. The molecular weight excluding hydrogens is 268 g/mol. The summed E-state index contributed by atoms with van der Waals surface area (Å²) in [6.07, 6.45) is 1.58. The first-order chi connectivity index (χ1) is 9.08. The molecule has 0 bridgehead atoms. The Balaban J connectivity index is 2.04. The molecule has 1 spiro atoms. The Morgan fingerprint density at radius 2 is 2.37 bits per heavy atom. The molecule has 6 nitrogen and oxygen atoms in total. The summed E-state index contributed by atoms with van der Waals surface area (Å²) >= 11 is 1.63. The van der Waals surface area contributed by atoms with Crippen LogP contribution in [0.4, 0.5) is 0 Å². The molecule has 0 radical (unpaired) electrons. The predicted octanol–water partition coefficient (Wildman–Crippen LogP) is 0.0806. The molecule has 0 amide bonds. The number of aromatic nitrogens is 2. The topological polar surface area (TPSA) is 84.3 Å². The van der Waals surface area contributed by atoms with Crippen LogP contribution >= 0.6 is 11.8 Å². The first-order valence-electron chi connectivity index (χ1n) is 6.37. The highest BCUT2D eigenvalue weighted by Crippen LogP contribution is 2.56. The molecule has 3 rings (SSSR count). The first kappa shape index (κ1) is 13.0. The summed E-state index contributed by atoms with van der Waals surface area (Å²) in [6.45, 7) is 1.95. The Morgan fingerprint density at radius 3 is 2.89 bits per heavy atom. The van der Waals surface area contributed by atoms with Crippen LogP contribution < -0.4 is 11.2 Å². The molecule has 2 saturated heterocycles. The minimum Gasteiger partial charge on any atom is -0.389 e. The van der Waals surface area contributed by atoms with E-state index in [1.165, 1.54) is 16.8 Å². The van der Waals surface area contributed by atoms with E-state index in [0.29, 0.717) is 6.42 Å². The quantitative estimate of drug-likeness (QED) is 0.803. The highest BCUT2D eigenvalue weighted by molar-refractivity contribution is 8.02. The van der Waals surface area contributed by atoms with Gasteiger partial charge in [-0.15, -0.1) is 11.8 Å². The summed E-state index contributed by atoms with van der Waals surface area (Å²) < 4.78 is 6.78. The molecule has 1 aromatic heterocycles. The summed E-state index contributed by atoms with van der Waals surface area (Å²) in [7, 11) is 0. The van der Waals surface area contributed by atoms with Crippen LogP contribution in [0.25, 0.3) is 0 Å². The summed E-state index contributed by atoms with van der Waals surface area (Å²) in [5.41, 5.74) is -0.921. The van der Waals surface area contributed by atoms with Gasteiger partial charge in [-0.2, -0.15) is 0 Å². The summed E-state index contributed by atoms with van der Waals surface area (Å²) in [5.74, 6) is 0.950. The molecule has 2 aliphatic rings. The van der Waals surface area contributed by atoms with E-state index in [2.05, 4.69) is 4.98 Å². The van der Waals surface area contributed by atoms with Gasteiger partial charge in [-0.3, -0.25) is 14.3 Å². The Labute approximate surface area is 113 Å². The van der Waals surface area contributed by atoms with E-state index in [4.69, 9.17) is 4.74 Å². The molecule has 2 N–H and O–H groups in total. The summed E-state index contributed by atoms with van der Waals surface area (Å²) in [6, 6.07) is 1.30. The second kappa shape index (κ2) is 4.50. The van der Waals surface area contributed by atoms with Crippen molar-refractivity contribution in [2.75, 3.05) is 5.75 Å². The van der Waals surface area contributed by atoms with E-state index in [1.54, 1.807) is 11.8 Å². The molecule has 19 heavy (non-hydrogen) atoms. The van der Waals surface area contributed by atoms with Gasteiger partial charge < -0.3 is 9.84 Å². The maximum absolute atomic E-state index is 11.9. The van der Waals surface area contributed by atoms with Crippen LogP contribution in [0.5, 0.6) is 0 Å². The van der Waals surface area contributed by atoms with Crippen molar-refractivity contribution in [1.82, 2.24) is 9.55 Å². The van der Waals surface area contributed by atoms with Gasteiger partial charge in [-0.05, 0) is 18.6 Å². The fourth-order valence-corrected chi connectivity index (χ4v) is 4.12. The molecule has 1 aromatic rings. The second-order valence-corrected chi connectivity index (χ2v) is 6.41. The molecule has 0 aromatic carbocycles. The van der Waals surface area contributed by atoms with Gasteiger partial charge in [0.2, 0.25) is 0 Å². The van der Waals surface area contributed by atoms with Gasteiger partial charge in [0.1, 0.15) is 0 Å². The zero-order chi connectivity index (χ0) is 13.6. The lowest BCUT2D eigenvalue weighted by Crippen LogP contribution is -2.51. The van der Waals surface area contributed by atoms with Crippen molar-refractivity contribution in [2.45, 2.75) is 42.9 Å². The van der Waals surface area contributed by atoms with E-state index in [0.717, 1.165) is 12.2 Å². The fourth-order valence-electron chi connectivity index (χ4n) is 2.81.